The van der Waals surface area contributed by atoms with E-state index in [1.54, 1.807) is 0 Å². The molecule has 13 heavy (non-hydrogen) atoms. The molecule has 0 fully saturated rings. The van der Waals surface area contributed by atoms with E-state index in [0.29, 0.717) is 0 Å². The Bertz CT molecular complexity index is 84.1. The Morgan fingerprint density at radius 1 is 0.846 bits per heavy atom. The molecule has 0 aliphatic rings. The van der Waals surface area contributed by atoms with Gasteiger partial charge in [-0.2, -0.15) is 0 Å². The molecule has 2 nitrogen and oxygen atoms in total. The molecule has 0 aromatic carbocycles. The molecule has 0 aromatic rings. The highest BCUT2D eigenvalue weighted by Gasteiger charge is 1.99. The lowest BCUT2D eigenvalue weighted by Gasteiger charge is -2.20. The number of nitrogens with one attached hydrogen (secondary N) is 1. The summed E-state index contributed by atoms with van der Waals surface area (Å²) in [4.78, 5) is 0. The van der Waals surface area contributed by atoms with Crippen LogP contribution >= 0.6 is 0 Å². The molecule has 0 rings (SSSR count). The van der Waals surface area contributed by atoms with E-state index in [9.17, 15) is 0 Å². The van der Waals surface area contributed by atoms with Crippen LogP contribution in [0.25, 0.3) is 0 Å². The number of unbranched alkanes of at least 4 members (excludes halogenated alkanes) is 4. The highest BCUT2D eigenvalue weighted by molar-refractivity contribution is 4.51. The van der Waals surface area contributed by atoms with Crippen LogP contribution in [-0.2, 0) is 0 Å². The van der Waals surface area contributed by atoms with Gasteiger partial charge in [-0.15, -0.1) is 0 Å². The predicted octanol–water partition coefficient (Wildman–Crippen LogP) is 2.80. The van der Waals surface area contributed by atoms with Crippen LogP contribution < -0.4 is 5.43 Å². The van der Waals surface area contributed by atoms with E-state index in [2.05, 4.69) is 24.3 Å². The summed E-state index contributed by atoms with van der Waals surface area (Å²) in [5, 5.41) is 2.34. The monoisotopic (exact) mass is 186 g/mol. The van der Waals surface area contributed by atoms with Gasteiger partial charge in [-0.25, -0.2) is 5.01 Å². The third-order valence-corrected chi connectivity index (χ3v) is 2.38. The van der Waals surface area contributed by atoms with Crippen LogP contribution in [0.5, 0.6) is 0 Å². The quantitative estimate of drug-likeness (QED) is 0.440. The van der Waals surface area contributed by atoms with Gasteiger partial charge >= 0.3 is 0 Å². The minimum Gasteiger partial charge on any atom is -0.258 e. The third-order valence-electron chi connectivity index (χ3n) is 2.38. The first-order chi connectivity index (χ1) is 6.35. The molecule has 80 valence electrons. The standard InChI is InChI=1S/C11H26N2/c1-4-6-8-10-13(12-3)11-9-7-5-2/h12H,4-11H2,1-3H3. The second-order valence-corrected chi connectivity index (χ2v) is 3.62. The molecular formula is C11H26N2. The fourth-order valence-corrected chi connectivity index (χ4v) is 1.44. The maximum Gasteiger partial charge on any atom is 0.0130 e. The molecule has 0 spiro atoms. The topological polar surface area (TPSA) is 15.3 Å². The summed E-state index contributed by atoms with van der Waals surface area (Å²) in [5.41, 5.74) is 3.25. The minimum absolute atomic E-state index is 1.20. The summed E-state index contributed by atoms with van der Waals surface area (Å²) in [5.74, 6) is 0. The first-order valence-corrected chi connectivity index (χ1v) is 5.77. The van der Waals surface area contributed by atoms with Crippen LogP contribution in [-0.4, -0.2) is 25.1 Å². The zero-order chi connectivity index (χ0) is 9.94. The highest BCUT2D eigenvalue weighted by Crippen LogP contribution is 1.99. The Morgan fingerprint density at radius 3 is 1.62 bits per heavy atom. The van der Waals surface area contributed by atoms with Crippen molar-refractivity contribution in [2.24, 2.45) is 0 Å². The fraction of sp³-hybridized carbons (Fsp3) is 1.00. The van der Waals surface area contributed by atoms with Gasteiger partial charge in [0.25, 0.3) is 0 Å². The Labute approximate surface area is 83.7 Å². The van der Waals surface area contributed by atoms with E-state index in [0.717, 1.165) is 0 Å². The van der Waals surface area contributed by atoms with Crippen LogP contribution in [0.15, 0.2) is 0 Å². The second kappa shape index (κ2) is 10.0. The van der Waals surface area contributed by atoms with Crippen molar-refractivity contribution < 1.29 is 0 Å². The van der Waals surface area contributed by atoms with E-state index >= 15 is 0 Å². The van der Waals surface area contributed by atoms with Crippen LogP contribution in [0.4, 0.5) is 0 Å². The Balaban J connectivity index is 3.28. The normalized spacial score (nSPS) is 11.1. The third kappa shape index (κ3) is 8.26. The molecule has 0 unspecified atom stereocenters. The second-order valence-electron chi connectivity index (χ2n) is 3.62. The van der Waals surface area contributed by atoms with E-state index in [1.807, 2.05) is 7.05 Å². The Kier molecular flexibility index (Phi) is 9.94. The van der Waals surface area contributed by atoms with Crippen LogP contribution in [0.2, 0.25) is 0 Å². The summed E-state index contributed by atoms with van der Waals surface area (Å²) >= 11 is 0. The molecule has 0 aliphatic heterocycles. The van der Waals surface area contributed by atoms with Gasteiger partial charge in [-0.1, -0.05) is 39.5 Å². The van der Waals surface area contributed by atoms with Gasteiger partial charge in [-0.05, 0) is 19.9 Å². The van der Waals surface area contributed by atoms with Crippen molar-refractivity contribution in [3.05, 3.63) is 0 Å². The van der Waals surface area contributed by atoms with Crippen molar-refractivity contribution in [1.29, 1.82) is 0 Å². The number of hydrogen-bond acceptors (Lipinski definition) is 2. The molecule has 0 radical (unpaired) electrons. The zero-order valence-electron chi connectivity index (χ0n) is 9.60. The number of hydrogen-bond donors (Lipinski definition) is 1. The van der Waals surface area contributed by atoms with Crippen LogP contribution in [0.3, 0.4) is 0 Å². The molecule has 0 aromatic heterocycles. The number of rotatable bonds is 9. The molecule has 0 saturated carbocycles. The zero-order valence-corrected chi connectivity index (χ0v) is 9.60. The summed E-state index contributed by atoms with van der Waals surface area (Å²) in [6, 6.07) is 0. The van der Waals surface area contributed by atoms with E-state index in [4.69, 9.17) is 0 Å². The maximum absolute atomic E-state index is 3.25. The van der Waals surface area contributed by atoms with E-state index < -0.39 is 0 Å². The minimum atomic E-state index is 1.20. The average Bonchev–Trinajstić information content (AvgIpc) is 2.16. The lowest BCUT2D eigenvalue weighted by molar-refractivity contribution is 0.199. The summed E-state index contributed by atoms with van der Waals surface area (Å²) in [7, 11) is 2.03. The van der Waals surface area contributed by atoms with Crippen molar-refractivity contribution in [2.75, 3.05) is 20.1 Å². The van der Waals surface area contributed by atoms with Crippen LogP contribution in [0.1, 0.15) is 52.4 Å². The van der Waals surface area contributed by atoms with Gasteiger partial charge in [0.05, 0.1) is 0 Å². The molecule has 0 heterocycles. The lowest BCUT2D eigenvalue weighted by atomic mass is 10.2. The Hall–Kier alpha value is -0.0800. The van der Waals surface area contributed by atoms with E-state index in [-0.39, 0.29) is 0 Å². The van der Waals surface area contributed by atoms with Crippen molar-refractivity contribution in [2.45, 2.75) is 52.4 Å². The molecule has 0 bridgehead atoms. The summed E-state index contributed by atoms with van der Waals surface area (Å²) in [6.07, 6.45) is 7.98. The predicted molar refractivity (Wildman–Crippen MR) is 59.7 cm³/mol. The molecule has 0 atom stereocenters. The molecule has 0 amide bonds. The summed E-state index contributed by atoms with van der Waals surface area (Å²) in [6.45, 7) is 6.91. The van der Waals surface area contributed by atoms with Gasteiger partial charge in [0, 0.05) is 13.1 Å². The largest absolute Gasteiger partial charge is 0.258 e. The van der Waals surface area contributed by atoms with Gasteiger partial charge in [0.2, 0.25) is 0 Å². The van der Waals surface area contributed by atoms with Crippen molar-refractivity contribution in [3.8, 4) is 0 Å². The van der Waals surface area contributed by atoms with Gasteiger partial charge in [0.15, 0.2) is 0 Å². The first-order valence-electron chi connectivity index (χ1n) is 5.77. The highest BCUT2D eigenvalue weighted by atomic mass is 15.5. The summed E-state index contributed by atoms with van der Waals surface area (Å²) < 4.78 is 0. The Morgan fingerprint density at radius 2 is 1.31 bits per heavy atom. The number of nitrogens with zero attached hydrogens (tertiary/aromatic N) is 1. The fourth-order valence-electron chi connectivity index (χ4n) is 1.44. The first kappa shape index (κ1) is 12.9. The molecule has 2 heteroatoms. The van der Waals surface area contributed by atoms with Crippen molar-refractivity contribution in [1.82, 2.24) is 10.4 Å². The lowest BCUT2D eigenvalue weighted by Crippen LogP contribution is -2.36. The molecular weight excluding hydrogens is 160 g/mol. The SMILES string of the molecule is CCCCCN(CCCCC)NC. The van der Waals surface area contributed by atoms with Gasteiger partial charge in [-0.3, -0.25) is 5.43 Å². The smallest absolute Gasteiger partial charge is 0.0130 e. The van der Waals surface area contributed by atoms with Gasteiger partial charge < -0.3 is 0 Å². The van der Waals surface area contributed by atoms with Gasteiger partial charge in [0.1, 0.15) is 0 Å². The molecule has 0 aliphatic carbocycles. The average molecular weight is 186 g/mol. The van der Waals surface area contributed by atoms with E-state index in [1.165, 1.54) is 51.6 Å². The van der Waals surface area contributed by atoms with Crippen molar-refractivity contribution >= 4 is 0 Å². The molecule has 1 N–H and O–H groups in total. The van der Waals surface area contributed by atoms with Crippen molar-refractivity contribution in [3.63, 3.8) is 0 Å². The molecule has 0 saturated heterocycles. The number of hydrazine groups is 1. The van der Waals surface area contributed by atoms with Crippen LogP contribution in [0, 0.1) is 0 Å². The maximum atomic E-state index is 3.25.